The van der Waals surface area contributed by atoms with E-state index in [-0.39, 0.29) is 38.3 Å². The highest BCUT2D eigenvalue weighted by Gasteiger charge is 2.19. The standard InChI is InChI=1S/C36H68N2O10/c1-5-9-11-13-19-31(21-15-17-23-33(39)40)47-35(43)45-29-27-38(26-25-37(7-3)8-4)28-30-46-36(44)48-32(20-14-12-10-6-2)22-16-18-24-34(41)42/h31-32H,5-30H2,1-4H3,(H,39,40)(H,41,42). The molecule has 0 spiro atoms. The number of carboxylic acid groups (broad SMARTS) is 2. The van der Waals surface area contributed by atoms with Crippen LogP contribution < -0.4 is 0 Å². The summed E-state index contributed by atoms with van der Waals surface area (Å²) in [7, 11) is 0. The van der Waals surface area contributed by atoms with Crippen LogP contribution in [0.5, 0.6) is 0 Å². The lowest BCUT2D eigenvalue weighted by atomic mass is 10.0. The van der Waals surface area contributed by atoms with Crippen molar-refractivity contribution in [3.05, 3.63) is 0 Å². The molecule has 0 fully saturated rings. The zero-order valence-corrected chi connectivity index (χ0v) is 30.6. The average Bonchev–Trinajstić information content (AvgIpc) is 3.04. The Balaban J connectivity index is 4.94. The van der Waals surface area contributed by atoms with Gasteiger partial charge in [-0.1, -0.05) is 66.2 Å². The Morgan fingerprint density at radius 2 is 0.875 bits per heavy atom. The van der Waals surface area contributed by atoms with Crippen molar-refractivity contribution in [3.8, 4) is 0 Å². The Morgan fingerprint density at radius 3 is 1.23 bits per heavy atom. The van der Waals surface area contributed by atoms with Gasteiger partial charge in [0.05, 0.1) is 0 Å². The molecule has 2 atom stereocenters. The summed E-state index contributed by atoms with van der Waals surface area (Å²) in [5, 5.41) is 17.8. The largest absolute Gasteiger partial charge is 0.508 e. The minimum Gasteiger partial charge on any atom is -0.481 e. The molecule has 0 radical (unpaired) electrons. The number of hydrogen-bond donors (Lipinski definition) is 2. The van der Waals surface area contributed by atoms with Gasteiger partial charge in [-0.2, -0.15) is 0 Å². The van der Waals surface area contributed by atoms with Crippen LogP contribution in [0.15, 0.2) is 0 Å². The Bertz CT molecular complexity index is 767. The van der Waals surface area contributed by atoms with Crippen LogP contribution in [0.25, 0.3) is 0 Å². The molecular formula is C36H68N2O10. The van der Waals surface area contributed by atoms with E-state index in [0.717, 1.165) is 83.8 Å². The van der Waals surface area contributed by atoms with Crippen molar-refractivity contribution in [2.24, 2.45) is 0 Å². The van der Waals surface area contributed by atoms with E-state index in [1.54, 1.807) is 0 Å². The second kappa shape index (κ2) is 31.7. The van der Waals surface area contributed by atoms with Gasteiger partial charge in [-0.05, 0) is 77.3 Å². The third-order valence-corrected chi connectivity index (χ3v) is 8.50. The lowest BCUT2D eigenvalue weighted by Crippen LogP contribution is -2.39. The first kappa shape index (κ1) is 45.4. The highest BCUT2D eigenvalue weighted by molar-refractivity contribution is 5.66. The minimum absolute atomic E-state index is 0.103. The second-order valence-electron chi connectivity index (χ2n) is 12.5. The summed E-state index contributed by atoms with van der Waals surface area (Å²) in [6.45, 7) is 13.0. The van der Waals surface area contributed by atoms with E-state index in [2.05, 4.69) is 37.5 Å². The Morgan fingerprint density at radius 1 is 0.500 bits per heavy atom. The van der Waals surface area contributed by atoms with Crippen LogP contribution in [-0.4, -0.2) is 109 Å². The van der Waals surface area contributed by atoms with Gasteiger partial charge < -0.3 is 34.1 Å². The van der Waals surface area contributed by atoms with Crippen LogP contribution in [0, 0.1) is 0 Å². The summed E-state index contributed by atoms with van der Waals surface area (Å²) in [5.41, 5.74) is 0. The molecule has 0 aliphatic carbocycles. The molecule has 0 saturated carbocycles. The fraction of sp³-hybridized carbons (Fsp3) is 0.889. The molecular weight excluding hydrogens is 620 g/mol. The maximum Gasteiger partial charge on any atom is 0.508 e. The van der Waals surface area contributed by atoms with Crippen molar-refractivity contribution < 1.29 is 48.3 Å². The summed E-state index contributed by atoms with van der Waals surface area (Å²) in [6, 6.07) is 0. The van der Waals surface area contributed by atoms with Gasteiger partial charge in [0, 0.05) is 39.0 Å². The highest BCUT2D eigenvalue weighted by atomic mass is 16.7. The zero-order chi connectivity index (χ0) is 35.8. The maximum atomic E-state index is 12.6. The van der Waals surface area contributed by atoms with Gasteiger partial charge in [0.25, 0.3) is 0 Å². The molecule has 0 saturated heterocycles. The molecule has 0 rings (SSSR count). The van der Waals surface area contributed by atoms with Crippen molar-refractivity contribution in [1.82, 2.24) is 9.80 Å². The number of unbranched alkanes of at least 4 members (excludes halogenated alkanes) is 8. The number of likely N-dealkylation sites (N-methyl/N-ethyl adjacent to an activating group) is 1. The maximum absolute atomic E-state index is 12.6. The quantitative estimate of drug-likeness (QED) is 0.0509. The van der Waals surface area contributed by atoms with Crippen LogP contribution in [0.3, 0.4) is 0 Å². The van der Waals surface area contributed by atoms with E-state index in [1.165, 1.54) is 0 Å². The predicted octanol–water partition coefficient (Wildman–Crippen LogP) is 7.90. The first-order valence-electron chi connectivity index (χ1n) is 18.7. The third kappa shape index (κ3) is 28.4. The van der Waals surface area contributed by atoms with Crippen LogP contribution >= 0.6 is 0 Å². The van der Waals surface area contributed by atoms with Crippen molar-refractivity contribution >= 4 is 24.2 Å². The van der Waals surface area contributed by atoms with E-state index < -0.39 is 24.2 Å². The van der Waals surface area contributed by atoms with E-state index in [1.807, 2.05) is 0 Å². The smallest absolute Gasteiger partial charge is 0.481 e. The van der Waals surface area contributed by atoms with Crippen molar-refractivity contribution in [1.29, 1.82) is 0 Å². The lowest BCUT2D eigenvalue weighted by Gasteiger charge is -2.26. The van der Waals surface area contributed by atoms with Crippen molar-refractivity contribution in [2.75, 3.05) is 52.5 Å². The van der Waals surface area contributed by atoms with Crippen LogP contribution in [0.2, 0.25) is 0 Å². The number of nitrogens with zero attached hydrogens (tertiary/aromatic N) is 2. The summed E-state index contributed by atoms with van der Waals surface area (Å²) in [4.78, 5) is 51.3. The first-order chi connectivity index (χ1) is 23.1. The summed E-state index contributed by atoms with van der Waals surface area (Å²) in [6.07, 6.45) is 11.8. The summed E-state index contributed by atoms with van der Waals surface area (Å²) in [5.74, 6) is -1.65. The van der Waals surface area contributed by atoms with Gasteiger partial charge in [0.1, 0.15) is 25.4 Å². The second-order valence-corrected chi connectivity index (χ2v) is 12.5. The molecule has 0 aliphatic heterocycles. The van der Waals surface area contributed by atoms with Gasteiger partial charge in [-0.25, -0.2) is 9.59 Å². The van der Waals surface area contributed by atoms with Crippen molar-refractivity contribution in [2.45, 2.75) is 155 Å². The molecule has 12 heteroatoms. The van der Waals surface area contributed by atoms with Crippen LogP contribution in [0.4, 0.5) is 9.59 Å². The molecule has 0 aliphatic rings. The highest BCUT2D eigenvalue weighted by Crippen LogP contribution is 2.17. The topological polar surface area (TPSA) is 152 Å². The Kier molecular flexibility index (Phi) is 29.9. The van der Waals surface area contributed by atoms with Crippen LogP contribution in [-0.2, 0) is 28.5 Å². The number of rotatable bonds is 33. The van der Waals surface area contributed by atoms with E-state index >= 15 is 0 Å². The minimum atomic E-state index is -0.824. The first-order valence-corrected chi connectivity index (χ1v) is 18.7. The van der Waals surface area contributed by atoms with Gasteiger partial charge in [0.15, 0.2) is 0 Å². The normalized spacial score (nSPS) is 12.5. The number of aliphatic carboxylic acids is 2. The molecule has 0 amide bonds. The monoisotopic (exact) mass is 688 g/mol. The van der Waals surface area contributed by atoms with Gasteiger partial charge >= 0.3 is 24.2 Å². The van der Waals surface area contributed by atoms with E-state index in [4.69, 9.17) is 29.2 Å². The average molecular weight is 689 g/mol. The molecule has 2 N–H and O–H groups in total. The molecule has 0 bridgehead atoms. The van der Waals surface area contributed by atoms with Gasteiger partial charge in [-0.15, -0.1) is 0 Å². The predicted molar refractivity (Wildman–Crippen MR) is 186 cm³/mol. The molecule has 48 heavy (non-hydrogen) atoms. The Labute approximate surface area is 290 Å². The summed E-state index contributed by atoms with van der Waals surface area (Å²) >= 11 is 0. The van der Waals surface area contributed by atoms with Gasteiger partial charge in [0.2, 0.25) is 0 Å². The molecule has 0 heterocycles. The number of carbonyl (C=O) groups excluding carboxylic acids is 2. The number of ether oxygens (including phenoxy) is 4. The molecule has 282 valence electrons. The molecule has 2 unspecified atom stereocenters. The third-order valence-electron chi connectivity index (χ3n) is 8.50. The Hall–Kier alpha value is -2.60. The fourth-order valence-electron chi connectivity index (χ4n) is 5.43. The fourth-order valence-corrected chi connectivity index (χ4v) is 5.43. The zero-order valence-electron chi connectivity index (χ0n) is 30.6. The summed E-state index contributed by atoms with van der Waals surface area (Å²) < 4.78 is 22.2. The molecule has 12 nitrogen and oxygen atoms in total. The number of carboxylic acids is 2. The SMILES string of the molecule is CCCCCCC(CCCCC(=O)O)OC(=O)OCCN(CCOC(=O)OC(CCCCCC)CCCCC(=O)O)CCN(CC)CC. The molecule has 0 aromatic heterocycles. The molecule has 0 aromatic carbocycles. The van der Waals surface area contributed by atoms with Gasteiger partial charge in [-0.3, -0.25) is 14.5 Å². The van der Waals surface area contributed by atoms with E-state index in [0.29, 0.717) is 58.2 Å². The number of hydrogen-bond acceptors (Lipinski definition) is 10. The van der Waals surface area contributed by atoms with E-state index in [9.17, 15) is 19.2 Å². The van der Waals surface area contributed by atoms with Crippen LogP contribution in [0.1, 0.15) is 143 Å². The molecule has 0 aromatic rings. The number of carbonyl (C=O) groups is 4. The van der Waals surface area contributed by atoms with Crippen molar-refractivity contribution in [3.63, 3.8) is 0 Å². The lowest BCUT2D eigenvalue weighted by molar-refractivity contribution is -0.138.